The Morgan fingerprint density at radius 2 is 2.10 bits per heavy atom. The van der Waals surface area contributed by atoms with Crippen LogP contribution in [0.15, 0.2) is 41.0 Å². The Labute approximate surface area is 124 Å². The Morgan fingerprint density at radius 3 is 2.70 bits per heavy atom. The second-order valence-electron chi connectivity index (χ2n) is 3.94. The molecule has 2 N–H and O–H groups in total. The molecule has 2 aromatic rings. The summed E-state index contributed by atoms with van der Waals surface area (Å²) >= 11 is 3.21. The molecule has 0 amide bonds. The van der Waals surface area contributed by atoms with E-state index in [9.17, 15) is 4.79 Å². The van der Waals surface area contributed by atoms with Gasteiger partial charge >= 0.3 is 5.97 Å². The topological polar surface area (TPSA) is 71.5 Å². The maximum Gasteiger partial charge on any atom is 0.339 e. The van der Waals surface area contributed by atoms with Crippen molar-refractivity contribution in [2.24, 2.45) is 0 Å². The lowest BCUT2D eigenvalue weighted by molar-refractivity contribution is 0.0697. The molecule has 2 rings (SSSR count). The number of rotatable bonds is 5. The molecule has 5 nitrogen and oxygen atoms in total. The number of carbonyl (C=O) groups is 1. The highest BCUT2D eigenvalue weighted by Gasteiger charge is 2.12. The maximum absolute atomic E-state index is 11.2. The quantitative estimate of drug-likeness (QED) is 0.871. The van der Waals surface area contributed by atoms with Gasteiger partial charge in [-0.2, -0.15) is 0 Å². The molecule has 1 aromatic heterocycles. The smallest absolute Gasteiger partial charge is 0.339 e. The van der Waals surface area contributed by atoms with Gasteiger partial charge in [-0.1, -0.05) is 0 Å². The Hall–Kier alpha value is -2.08. The summed E-state index contributed by atoms with van der Waals surface area (Å²) < 4.78 is 5.96. The van der Waals surface area contributed by atoms with Gasteiger partial charge in [0, 0.05) is 16.4 Å². The minimum atomic E-state index is -1.03. The van der Waals surface area contributed by atoms with Crippen molar-refractivity contribution in [3.8, 4) is 5.75 Å². The first-order valence-corrected chi connectivity index (χ1v) is 6.78. The molecule has 1 aromatic carbocycles. The van der Waals surface area contributed by atoms with Gasteiger partial charge in [0.2, 0.25) is 0 Å². The minimum Gasteiger partial charge on any atom is -0.494 e. The van der Waals surface area contributed by atoms with E-state index in [4.69, 9.17) is 9.84 Å². The molecule has 1 heterocycles. The standard InChI is InChI=1S/C14H13BrN2O3/c1-2-20-11-5-3-10(4-6-11)17-13-12(14(18)19)7-9(15)8-16-13/h3-8H,2H2,1H3,(H,16,17)(H,18,19). The highest BCUT2D eigenvalue weighted by molar-refractivity contribution is 9.10. The average Bonchev–Trinajstić information content (AvgIpc) is 2.43. The number of pyridine rings is 1. The lowest BCUT2D eigenvalue weighted by atomic mass is 10.2. The number of hydrogen-bond acceptors (Lipinski definition) is 4. The molecule has 0 bridgehead atoms. The van der Waals surface area contributed by atoms with Gasteiger partial charge in [0.1, 0.15) is 17.1 Å². The third-order valence-electron chi connectivity index (χ3n) is 2.51. The fourth-order valence-electron chi connectivity index (χ4n) is 1.64. The van der Waals surface area contributed by atoms with Crippen molar-refractivity contribution >= 4 is 33.4 Å². The molecule has 0 fully saturated rings. The Balaban J connectivity index is 2.23. The molecule has 0 spiro atoms. The Bertz CT molecular complexity index is 614. The van der Waals surface area contributed by atoms with Crippen LogP contribution in [-0.2, 0) is 0 Å². The van der Waals surface area contributed by atoms with E-state index in [1.54, 1.807) is 18.3 Å². The SMILES string of the molecule is CCOc1ccc(Nc2ncc(Br)cc2C(=O)O)cc1. The van der Waals surface area contributed by atoms with E-state index < -0.39 is 5.97 Å². The third kappa shape index (κ3) is 3.48. The van der Waals surface area contributed by atoms with Crippen LogP contribution < -0.4 is 10.1 Å². The first kappa shape index (κ1) is 14.3. The number of anilines is 2. The molecule has 0 unspecified atom stereocenters. The van der Waals surface area contributed by atoms with Crippen molar-refractivity contribution in [3.05, 3.63) is 46.6 Å². The number of carboxylic acids is 1. The molecule has 0 radical (unpaired) electrons. The van der Waals surface area contributed by atoms with Crippen LogP contribution in [0.3, 0.4) is 0 Å². The molecule has 0 atom stereocenters. The molecular formula is C14H13BrN2O3. The monoisotopic (exact) mass is 336 g/mol. The van der Waals surface area contributed by atoms with Crippen molar-refractivity contribution in [1.29, 1.82) is 0 Å². The van der Waals surface area contributed by atoms with Crippen LogP contribution in [0.2, 0.25) is 0 Å². The van der Waals surface area contributed by atoms with Crippen LogP contribution >= 0.6 is 15.9 Å². The lowest BCUT2D eigenvalue weighted by Crippen LogP contribution is -2.04. The van der Waals surface area contributed by atoms with Crippen LogP contribution in [0.25, 0.3) is 0 Å². The fourth-order valence-corrected chi connectivity index (χ4v) is 1.97. The summed E-state index contributed by atoms with van der Waals surface area (Å²) in [5.74, 6) is 0.0253. The first-order chi connectivity index (χ1) is 9.60. The van der Waals surface area contributed by atoms with Gasteiger partial charge in [-0.3, -0.25) is 0 Å². The summed E-state index contributed by atoms with van der Waals surface area (Å²) in [6.07, 6.45) is 1.54. The summed E-state index contributed by atoms with van der Waals surface area (Å²) in [5.41, 5.74) is 0.846. The number of ether oxygens (including phenoxy) is 1. The normalized spacial score (nSPS) is 10.1. The van der Waals surface area contributed by atoms with Crippen molar-refractivity contribution in [3.63, 3.8) is 0 Å². The third-order valence-corrected chi connectivity index (χ3v) is 2.95. The van der Waals surface area contributed by atoms with E-state index in [0.29, 0.717) is 16.9 Å². The zero-order valence-corrected chi connectivity index (χ0v) is 12.3. The van der Waals surface area contributed by atoms with Gasteiger partial charge in [0.25, 0.3) is 0 Å². The summed E-state index contributed by atoms with van der Waals surface area (Å²) in [7, 11) is 0. The summed E-state index contributed by atoms with van der Waals surface area (Å²) in [6, 6.07) is 8.74. The van der Waals surface area contributed by atoms with Gasteiger partial charge in [0.05, 0.1) is 6.61 Å². The zero-order chi connectivity index (χ0) is 14.5. The number of hydrogen-bond donors (Lipinski definition) is 2. The predicted molar refractivity (Wildman–Crippen MR) is 79.8 cm³/mol. The van der Waals surface area contributed by atoms with Gasteiger partial charge in [-0.25, -0.2) is 9.78 Å². The van der Waals surface area contributed by atoms with E-state index >= 15 is 0 Å². The second-order valence-corrected chi connectivity index (χ2v) is 4.85. The van der Waals surface area contributed by atoms with Crippen molar-refractivity contribution in [2.45, 2.75) is 6.92 Å². The molecule has 104 valence electrons. The van der Waals surface area contributed by atoms with Crippen molar-refractivity contribution in [2.75, 3.05) is 11.9 Å². The Kier molecular flexibility index (Phi) is 4.57. The van der Waals surface area contributed by atoms with Crippen LogP contribution in [0.4, 0.5) is 11.5 Å². The number of carboxylic acid groups (broad SMARTS) is 1. The van der Waals surface area contributed by atoms with Crippen molar-refractivity contribution < 1.29 is 14.6 Å². The molecule has 6 heteroatoms. The highest BCUT2D eigenvalue weighted by atomic mass is 79.9. The number of aromatic carboxylic acids is 1. The van der Waals surface area contributed by atoms with Crippen LogP contribution in [0, 0.1) is 0 Å². The van der Waals surface area contributed by atoms with Gasteiger partial charge in [-0.05, 0) is 53.2 Å². The fraction of sp³-hybridized carbons (Fsp3) is 0.143. The largest absolute Gasteiger partial charge is 0.494 e. The summed E-state index contributed by atoms with van der Waals surface area (Å²) in [4.78, 5) is 15.3. The molecule has 0 saturated carbocycles. The first-order valence-electron chi connectivity index (χ1n) is 5.99. The summed E-state index contributed by atoms with van der Waals surface area (Å²) in [6.45, 7) is 2.52. The predicted octanol–water partition coefficient (Wildman–Crippen LogP) is 3.68. The number of aromatic nitrogens is 1. The van der Waals surface area contributed by atoms with Crippen LogP contribution in [0.5, 0.6) is 5.75 Å². The molecule has 0 aliphatic heterocycles. The van der Waals surface area contributed by atoms with Crippen molar-refractivity contribution in [1.82, 2.24) is 4.98 Å². The molecule has 0 aliphatic rings. The number of nitrogens with zero attached hydrogens (tertiary/aromatic N) is 1. The zero-order valence-electron chi connectivity index (χ0n) is 10.8. The van der Waals surface area contributed by atoms with Gasteiger partial charge < -0.3 is 15.2 Å². The summed E-state index contributed by atoms with van der Waals surface area (Å²) in [5, 5.41) is 12.1. The van der Waals surface area contributed by atoms with E-state index in [1.165, 1.54) is 6.07 Å². The number of nitrogens with one attached hydrogen (secondary N) is 1. The Morgan fingerprint density at radius 1 is 1.40 bits per heavy atom. The van der Waals surface area contributed by atoms with E-state index in [0.717, 1.165) is 11.4 Å². The van der Waals surface area contributed by atoms with E-state index in [1.807, 2.05) is 19.1 Å². The van der Waals surface area contributed by atoms with Crippen LogP contribution in [0.1, 0.15) is 17.3 Å². The minimum absolute atomic E-state index is 0.105. The maximum atomic E-state index is 11.2. The average molecular weight is 337 g/mol. The number of halogens is 1. The molecular weight excluding hydrogens is 324 g/mol. The van der Waals surface area contributed by atoms with E-state index in [-0.39, 0.29) is 5.56 Å². The van der Waals surface area contributed by atoms with Crippen LogP contribution in [-0.4, -0.2) is 22.7 Å². The highest BCUT2D eigenvalue weighted by Crippen LogP contribution is 2.23. The van der Waals surface area contributed by atoms with E-state index in [2.05, 4.69) is 26.2 Å². The number of benzene rings is 1. The molecule has 20 heavy (non-hydrogen) atoms. The van der Waals surface area contributed by atoms with Gasteiger partial charge in [-0.15, -0.1) is 0 Å². The molecule has 0 saturated heterocycles. The lowest BCUT2D eigenvalue weighted by Gasteiger charge is -2.09. The van der Waals surface area contributed by atoms with Gasteiger partial charge in [0.15, 0.2) is 0 Å². The molecule has 0 aliphatic carbocycles. The second kappa shape index (κ2) is 6.38.